The van der Waals surface area contributed by atoms with Gasteiger partial charge in [-0.2, -0.15) is 0 Å². The lowest BCUT2D eigenvalue weighted by Crippen LogP contribution is -2.30. The Bertz CT molecular complexity index is 685. The molecule has 5 heteroatoms. The third kappa shape index (κ3) is 2.51. The molecule has 1 aliphatic rings. The highest BCUT2D eigenvalue weighted by Crippen LogP contribution is 2.32. The Hall–Kier alpha value is -2.30. The zero-order chi connectivity index (χ0) is 15.8. The van der Waals surface area contributed by atoms with Crippen molar-refractivity contribution in [1.82, 2.24) is 4.98 Å². The van der Waals surface area contributed by atoms with E-state index in [-0.39, 0.29) is 16.9 Å². The van der Waals surface area contributed by atoms with E-state index in [1.54, 1.807) is 12.2 Å². The minimum Gasteiger partial charge on any atom is -0.436 e. The van der Waals surface area contributed by atoms with Crippen molar-refractivity contribution < 1.29 is 14.0 Å². The number of ketones is 2. The second-order valence-electron chi connectivity index (χ2n) is 5.82. The van der Waals surface area contributed by atoms with Crippen molar-refractivity contribution in [3.05, 3.63) is 36.1 Å². The summed E-state index contributed by atoms with van der Waals surface area (Å²) in [5, 5.41) is 0. The zero-order valence-corrected chi connectivity index (χ0v) is 12.7. The van der Waals surface area contributed by atoms with E-state index in [0.29, 0.717) is 23.6 Å². The largest absolute Gasteiger partial charge is 0.436 e. The van der Waals surface area contributed by atoms with Crippen molar-refractivity contribution in [3.63, 3.8) is 0 Å². The Morgan fingerprint density at radius 2 is 1.95 bits per heavy atom. The highest BCUT2D eigenvalue weighted by atomic mass is 16.4. The molecule has 0 atom stereocenters. The molecule has 0 aromatic carbocycles. The van der Waals surface area contributed by atoms with Gasteiger partial charge in [-0.1, -0.05) is 32.9 Å². The van der Waals surface area contributed by atoms with Crippen molar-refractivity contribution >= 4 is 22.9 Å². The molecule has 0 N–H and O–H groups in total. The predicted octanol–water partition coefficient (Wildman–Crippen LogP) is 2.77. The molecule has 0 saturated heterocycles. The molecule has 0 radical (unpaired) electrons. The molecule has 0 amide bonds. The Morgan fingerprint density at radius 1 is 1.29 bits per heavy atom. The van der Waals surface area contributed by atoms with Gasteiger partial charge in [0.05, 0.1) is 0 Å². The third-order valence-electron chi connectivity index (χ3n) is 3.12. The SMILES string of the molecule is C=CCC=C1C(=NC)C(=O)C(=O)c2oc(C(C)(C)C)nc21. The first-order valence-electron chi connectivity index (χ1n) is 6.70. The van der Waals surface area contributed by atoms with Gasteiger partial charge in [0.1, 0.15) is 11.4 Å². The molecule has 0 fully saturated rings. The number of aromatic nitrogens is 1. The van der Waals surface area contributed by atoms with E-state index in [4.69, 9.17) is 4.42 Å². The predicted molar refractivity (Wildman–Crippen MR) is 80.7 cm³/mol. The van der Waals surface area contributed by atoms with Gasteiger partial charge in [-0.25, -0.2) is 4.98 Å². The molecule has 110 valence electrons. The highest BCUT2D eigenvalue weighted by Gasteiger charge is 2.40. The first kappa shape index (κ1) is 15.1. The Labute approximate surface area is 123 Å². The van der Waals surface area contributed by atoms with Crippen LogP contribution in [0.15, 0.2) is 28.1 Å². The molecule has 1 heterocycles. The molecule has 0 aliphatic heterocycles. The maximum atomic E-state index is 12.1. The summed E-state index contributed by atoms with van der Waals surface area (Å²) >= 11 is 0. The van der Waals surface area contributed by atoms with Gasteiger partial charge in [-0.3, -0.25) is 14.6 Å². The average molecular weight is 286 g/mol. The van der Waals surface area contributed by atoms with Crippen LogP contribution in [0.25, 0.3) is 5.57 Å². The summed E-state index contributed by atoms with van der Waals surface area (Å²) in [5.74, 6) is -0.913. The van der Waals surface area contributed by atoms with Crippen LogP contribution >= 0.6 is 0 Å². The molecule has 1 aliphatic carbocycles. The summed E-state index contributed by atoms with van der Waals surface area (Å²) in [6, 6.07) is 0. The van der Waals surface area contributed by atoms with Crippen molar-refractivity contribution in [1.29, 1.82) is 0 Å². The fourth-order valence-electron chi connectivity index (χ4n) is 2.04. The van der Waals surface area contributed by atoms with Crippen LogP contribution in [0, 0.1) is 0 Å². The van der Waals surface area contributed by atoms with Crippen LogP contribution in [0.1, 0.15) is 49.3 Å². The van der Waals surface area contributed by atoms with Gasteiger partial charge < -0.3 is 4.42 Å². The monoisotopic (exact) mass is 286 g/mol. The summed E-state index contributed by atoms with van der Waals surface area (Å²) in [4.78, 5) is 32.6. The lowest BCUT2D eigenvalue weighted by Gasteiger charge is -2.12. The van der Waals surface area contributed by atoms with Crippen molar-refractivity contribution in [2.75, 3.05) is 7.05 Å². The van der Waals surface area contributed by atoms with Gasteiger partial charge in [0.15, 0.2) is 0 Å². The van der Waals surface area contributed by atoms with Gasteiger partial charge in [0, 0.05) is 18.0 Å². The van der Waals surface area contributed by atoms with Crippen LogP contribution in [0.5, 0.6) is 0 Å². The molecule has 0 saturated carbocycles. The Kier molecular flexibility index (Phi) is 3.77. The second-order valence-corrected chi connectivity index (χ2v) is 5.82. The van der Waals surface area contributed by atoms with Crippen LogP contribution in [0.4, 0.5) is 0 Å². The standard InChI is InChI=1S/C16H18N2O3/c1-6-7-8-9-10(17-5)12(19)13(20)14-11(9)18-15(21-14)16(2,3)4/h6,8H,1,7H2,2-5H3. The van der Waals surface area contributed by atoms with E-state index >= 15 is 0 Å². The van der Waals surface area contributed by atoms with E-state index in [0.717, 1.165) is 0 Å². The summed E-state index contributed by atoms with van der Waals surface area (Å²) in [7, 11) is 1.48. The van der Waals surface area contributed by atoms with Crippen molar-refractivity contribution in [2.24, 2.45) is 4.99 Å². The number of fused-ring (bicyclic) bond motifs is 1. The Morgan fingerprint density at radius 3 is 2.48 bits per heavy atom. The topological polar surface area (TPSA) is 72.5 Å². The van der Waals surface area contributed by atoms with Crippen LogP contribution in [0.2, 0.25) is 0 Å². The smallest absolute Gasteiger partial charge is 0.272 e. The molecule has 0 bridgehead atoms. The summed E-state index contributed by atoms with van der Waals surface area (Å²) in [6.45, 7) is 9.44. The number of aliphatic imine (C=N–C) groups is 1. The number of nitrogens with zero attached hydrogens (tertiary/aromatic N) is 2. The maximum absolute atomic E-state index is 12.1. The fraction of sp³-hybridized carbons (Fsp3) is 0.375. The third-order valence-corrected chi connectivity index (χ3v) is 3.12. The van der Waals surface area contributed by atoms with Crippen LogP contribution < -0.4 is 0 Å². The maximum Gasteiger partial charge on any atom is 0.272 e. The number of oxazole rings is 1. The molecule has 1 aromatic heterocycles. The number of carbonyl (C=O) groups excluding carboxylic acids is 2. The zero-order valence-electron chi connectivity index (χ0n) is 12.7. The van der Waals surface area contributed by atoms with Gasteiger partial charge in [0.25, 0.3) is 11.6 Å². The number of hydrogen-bond acceptors (Lipinski definition) is 5. The van der Waals surface area contributed by atoms with E-state index in [9.17, 15) is 9.59 Å². The number of Topliss-reactive ketones (excluding diaryl/α,β-unsaturated/α-hetero) is 2. The summed E-state index contributed by atoms with van der Waals surface area (Å²) < 4.78 is 5.55. The van der Waals surface area contributed by atoms with Gasteiger partial charge in [0.2, 0.25) is 11.7 Å². The van der Waals surface area contributed by atoms with E-state index in [2.05, 4.69) is 16.6 Å². The quantitative estimate of drug-likeness (QED) is 0.619. The van der Waals surface area contributed by atoms with Crippen LogP contribution in [-0.4, -0.2) is 29.3 Å². The van der Waals surface area contributed by atoms with Gasteiger partial charge in [-0.05, 0) is 6.42 Å². The molecular weight excluding hydrogens is 268 g/mol. The van der Waals surface area contributed by atoms with Crippen molar-refractivity contribution in [3.8, 4) is 0 Å². The molecule has 0 unspecified atom stereocenters. The summed E-state index contributed by atoms with van der Waals surface area (Å²) in [5.41, 5.74) is 0.708. The van der Waals surface area contributed by atoms with Crippen LogP contribution in [0.3, 0.4) is 0 Å². The highest BCUT2D eigenvalue weighted by molar-refractivity contribution is 6.78. The molecular formula is C16H18N2O3. The number of hydrogen-bond donors (Lipinski definition) is 0. The van der Waals surface area contributed by atoms with E-state index < -0.39 is 11.6 Å². The minimum absolute atomic E-state index is 0.00707. The Balaban J connectivity index is 2.70. The number of carbonyl (C=O) groups is 2. The lowest BCUT2D eigenvalue weighted by atomic mass is 9.91. The second kappa shape index (κ2) is 5.24. The van der Waals surface area contributed by atoms with Crippen molar-refractivity contribution in [2.45, 2.75) is 32.6 Å². The van der Waals surface area contributed by atoms with E-state index in [1.165, 1.54) is 7.05 Å². The molecule has 5 nitrogen and oxygen atoms in total. The fourth-order valence-corrected chi connectivity index (χ4v) is 2.04. The van der Waals surface area contributed by atoms with Gasteiger partial charge >= 0.3 is 0 Å². The lowest BCUT2D eigenvalue weighted by molar-refractivity contribution is -0.109. The summed E-state index contributed by atoms with van der Waals surface area (Å²) in [6.07, 6.45) is 4.03. The first-order chi connectivity index (χ1) is 9.81. The number of rotatable bonds is 2. The minimum atomic E-state index is -0.690. The molecule has 2 rings (SSSR count). The molecule has 21 heavy (non-hydrogen) atoms. The number of allylic oxidation sites excluding steroid dienone is 3. The normalized spacial score (nSPS) is 19.2. The van der Waals surface area contributed by atoms with Crippen LogP contribution in [-0.2, 0) is 10.2 Å². The van der Waals surface area contributed by atoms with Gasteiger partial charge in [-0.15, -0.1) is 6.58 Å². The average Bonchev–Trinajstić information content (AvgIpc) is 2.86. The first-order valence-corrected chi connectivity index (χ1v) is 6.70. The molecule has 1 aromatic rings. The van der Waals surface area contributed by atoms with E-state index in [1.807, 2.05) is 20.8 Å². The molecule has 0 spiro atoms.